The summed E-state index contributed by atoms with van der Waals surface area (Å²) in [5.74, 6) is 1.57. The lowest BCUT2D eigenvalue weighted by Gasteiger charge is -2.29. The van der Waals surface area contributed by atoms with E-state index in [1.54, 1.807) is 6.20 Å². The number of anilines is 1. The molecule has 0 saturated carbocycles. The molecule has 0 radical (unpaired) electrons. The Bertz CT molecular complexity index is 331. The van der Waals surface area contributed by atoms with Crippen LogP contribution in [0.4, 0.5) is 5.82 Å². The van der Waals surface area contributed by atoms with E-state index in [0.29, 0.717) is 6.61 Å². The molecule has 0 bridgehead atoms. The van der Waals surface area contributed by atoms with Crippen molar-refractivity contribution in [1.29, 1.82) is 0 Å². The number of rotatable bonds is 2. The maximum atomic E-state index is 5.98. The third-order valence-corrected chi connectivity index (χ3v) is 2.52. The van der Waals surface area contributed by atoms with Gasteiger partial charge in [0.15, 0.2) is 0 Å². The molecule has 1 fully saturated rings. The van der Waals surface area contributed by atoms with Crippen molar-refractivity contribution in [2.45, 2.75) is 25.4 Å². The van der Waals surface area contributed by atoms with Gasteiger partial charge >= 0.3 is 0 Å². The molecular formula is C10H16N4O. The predicted octanol–water partition coefficient (Wildman–Crippen LogP) is 0.313. The molecule has 0 aliphatic carbocycles. The highest BCUT2D eigenvalue weighted by Crippen LogP contribution is 2.11. The van der Waals surface area contributed by atoms with Crippen molar-refractivity contribution in [2.75, 3.05) is 18.5 Å². The maximum absolute atomic E-state index is 5.98. The van der Waals surface area contributed by atoms with E-state index < -0.39 is 0 Å². The molecule has 0 amide bonds. The minimum atomic E-state index is 0.133. The zero-order valence-corrected chi connectivity index (χ0v) is 8.81. The van der Waals surface area contributed by atoms with E-state index in [0.717, 1.165) is 24.7 Å². The number of aryl methyl sites for hydroxylation is 1. The molecule has 0 spiro atoms. The van der Waals surface area contributed by atoms with Crippen LogP contribution in [-0.4, -0.2) is 35.3 Å². The van der Waals surface area contributed by atoms with Crippen LogP contribution in [-0.2, 0) is 4.74 Å². The van der Waals surface area contributed by atoms with Crippen LogP contribution in [0.5, 0.6) is 0 Å². The first kappa shape index (κ1) is 10.3. The van der Waals surface area contributed by atoms with Crippen molar-refractivity contribution in [3.8, 4) is 0 Å². The van der Waals surface area contributed by atoms with Gasteiger partial charge in [0, 0.05) is 18.8 Å². The quantitative estimate of drug-likeness (QED) is 0.732. The molecule has 3 N–H and O–H groups in total. The molecular weight excluding hydrogens is 192 g/mol. The fourth-order valence-electron chi connectivity index (χ4n) is 1.63. The van der Waals surface area contributed by atoms with E-state index in [1.807, 2.05) is 13.0 Å². The zero-order valence-electron chi connectivity index (χ0n) is 8.81. The molecule has 1 aromatic heterocycles. The lowest BCUT2D eigenvalue weighted by atomic mass is 10.1. The monoisotopic (exact) mass is 208 g/mol. The lowest BCUT2D eigenvalue weighted by molar-refractivity contribution is 0.0767. The van der Waals surface area contributed by atoms with Crippen LogP contribution in [0, 0.1) is 6.92 Å². The highest BCUT2D eigenvalue weighted by Gasteiger charge is 2.22. The van der Waals surface area contributed by atoms with E-state index in [-0.39, 0.29) is 12.1 Å². The number of nitrogens with two attached hydrogens (primary N) is 1. The van der Waals surface area contributed by atoms with Crippen molar-refractivity contribution < 1.29 is 4.74 Å². The van der Waals surface area contributed by atoms with Gasteiger partial charge < -0.3 is 15.8 Å². The smallest absolute Gasteiger partial charge is 0.129 e. The molecule has 2 atom stereocenters. The van der Waals surface area contributed by atoms with Gasteiger partial charge in [-0.05, 0) is 19.4 Å². The molecule has 2 heterocycles. The van der Waals surface area contributed by atoms with Crippen molar-refractivity contribution in [3.05, 3.63) is 18.1 Å². The number of hydrogen-bond acceptors (Lipinski definition) is 5. The summed E-state index contributed by atoms with van der Waals surface area (Å²) in [7, 11) is 0. The molecule has 0 unspecified atom stereocenters. The highest BCUT2D eigenvalue weighted by atomic mass is 16.5. The van der Waals surface area contributed by atoms with E-state index in [9.17, 15) is 0 Å². The van der Waals surface area contributed by atoms with Crippen molar-refractivity contribution in [3.63, 3.8) is 0 Å². The predicted molar refractivity (Wildman–Crippen MR) is 57.6 cm³/mol. The molecule has 82 valence electrons. The van der Waals surface area contributed by atoms with Gasteiger partial charge in [-0.2, -0.15) is 0 Å². The second-order valence-corrected chi connectivity index (χ2v) is 3.77. The van der Waals surface area contributed by atoms with Gasteiger partial charge in [-0.15, -0.1) is 0 Å². The Kier molecular flexibility index (Phi) is 3.13. The third kappa shape index (κ3) is 2.64. The van der Waals surface area contributed by atoms with Gasteiger partial charge in [0.05, 0.1) is 12.6 Å². The van der Waals surface area contributed by atoms with Crippen LogP contribution < -0.4 is 11.1 Å². The van der Waals surface area contributed by atoms with Gasteiger partial charge in [0.1, 0.15) is 11.6 Å². The van der Waals surface area contributed by atoms with Crippen molar-refractivity contribution in [2.24, 2.45) is 5.73 Å². The number of nitrogens with one attached hydrogen (secondary N) is 1. The minimum absolute atomic E-state index is 0.133. The first-order chi connectivity index (χ1) is 7.25. The Labute approximate surface area is 89.1 Å². The van der Waals surface area contributed by atoms with Crippen LogP contribution in [0.3, 0.4) is 0 Å². The standard InChI is InChI=1S/C10H16N4O/c1-7-12-4-2-10(13-7)14-9-6-15-5-3-8(9)11/h2,4,8-9H,3,5-6,11H2,1H3,(H,12,13,14)/t8-,9+/m0/s1. The molecule has 5 nitrogen and oxygen atoms in total. The molecule has 1 aliphatic rings. The van der Waals surface area contributed by atoms with Gasteiger partial charge in [0.25, 0.3) is 0 Å². The minimum Gasteiger partial charge on any atom is -0.379 e. The van der Waals surface area contributed by atoms with Crippen LogP contribution >= 0.6 is 0 Å². The first-order valence-electron chi connectivity index (χ1n) is 5.15. The van der Waals surface area contributed by atoms with Gasteiger partial charge in [0.2, 0.25) is 0 Å². The number of ether oxygens (including phenoxy) is 1. The lowest BCUT2D eigenvalue weighted by Crippen LogP contribution is -2.47. The molecule has 0 aromatic carbocycles. The summed E-state index contributed by atoms with van der Waals surface area (Å²) in [6, 6.07) is 2.12. The molecule has 15 heavy (non-hydrogen) atoms. The molecule has 2 rings (SSSR count). The molecule has 1 aliphatic heterocycles. The summed E-state index contributed by atoms with van der Waals surface area (Å²) in [4.78, 5) is 8.31. The number of nitrogens with zero attached hydrogens (tertiary/aromatic N) is 2. The Morgan fingerprint density at radius 2 is 2.47 bits per heavy atom. The fraction of sp³-hybridized carbons (Fsp3) is 0.600. The third-order valence-electron chi connectivity index (χ3n) is 2.52. The normalized spacial score (nSPS) is 26.3. The summed E-state index contributed by atoms with van der Waals surface area (Å²) in [6.07, 6.45) is 2.63. The van der Waals surface area contributed by atoms with Crippen molar-refractivity contribution >= 4 is 5.82 Å². The SMILES string of the molecule is Cc1nccc(N[C@@H]2COCC[C@@H]2N)n1. The number of hydrogen-bond donors (Lipinski definition) is 2. The van der Waals surface area contributed by atoms with Gasteiger partial charge in [-0.1, -0.05) is 0 Å². The highest BCUT2D eigenvalue weighted by molar-refractivity contribution is 5.34. The topological polar surface area (TPSA) is 73.1 Å². The van der Waals surface area contributed by atoms with Crippen LogP contribution in [0.1, 0.15) is 12.2 Å². The second kappa shape index (κ2) is 4.55. The maximum Gasteiger partial charge on any atom is 0.129 e. The van der Waals surface area contributed by atoms with Crippen LogP contribution in [0.15, 0.2) is 12.3 Å². The first-order valence-corrected chi connectivity index (χ1v) is 5.15. The van der Waals surface area contributed by atoms with E-state index >= 15 is 0 Å². The molecule has 5 heteroatoms. The van der Waals surface area contributed by atoms with Crippen molar-refractivity contribution in [1.82, 2.24) is 9.97 Å². The van der Waals surface area contributed by atoms with E-state index in [2.05, 4.69) is 15.3 Å². The van der Waals surface area contributed by atoms with Crippen LogP contribution in [0.2, 0.25) is 0 Å². The summed E-state index contributed by atoms with van der Waals surface area (Å²) >= 11 is 0. The fourth-order valence-corrected chi connectivity index (χ4v) is 1.63. The largest absolute Gasteiger partial charge is 0.379 e. The number of aromatic nitrogens is 2. The van der Waals surface area contributed by atoms with Crippen LogP contribution in [0.25, 0.3) is 0 Å². The molecule has 1 aromatic rings. The summed E-state index contributed by atoms with van der Waals surface area (Å²) in [6.45, 7) is 3.26. The average molecular weight is 208 g/mol. The summed E-state index contributed by atoms with van der Waals surface area (Å²) in [5, 5.41) is 3.27. The Morgan fingerprint density at radius 1 is 1.60 bits per heavy atom. The van der Waals surface area contributed by atoms with Gasteiger partial charge in [-0.3, -0.25) is 0 Å². The average Bonchev–Trinajstić information content (AvgIpc) is 2.22. The Hall–Kier alpha value is -1.20. The second-order valence-electron chi connectivity index (χ2n) is 3.77. The van der Waals surface area contributed by atoms with E-state index in [1.165, 1.54) is 0 Å². The summed E-state index contributed by atoms with van der Waals surface area (Å²) < 4.78 is 5.37. The van der Waals surface area contributed by atoms with E-state index in [4.69, 9.17) is 10.5 Å². The summed E-state index contributed by atoms with van der Waals surface area (Å²) in [5.41, 5.74) is 5.98. The Morgan fingerprint density at radius 3 is 3.20 bits per heavy atom. The zero-order chi connectivity index (χ0) is 10.7. The molecule has 1 saturated heterocycles. The Balaban J connectivity index is 2.01. The van der Waals surface area contributed by atoms with Gasteiger partial charge in [-0.25, -0.2) is 9.97 Å².